The normalized spacial score (nSPS) is 12.6. The summed E-state index contributed by atoms with van der Waals surface area (Å²) >= 11 is 0. The molecule has 0 fully saturated rings. The highest BCUT2D eigenvalue weighted by Crippen LogP contribution is 1.99. The fourth-order valence-corrected chi connectivity index (χ4v) is 0.534. The van der Waals surface area contributed by atoms with E-state index in [-0.39, 0.29) is 0 Å². The SMILES string of the molecule is C/C=C\C=C(/CC)OC. The van der Waals surface area contributed by atoms with Crippen molar-refractivity contribution in [1.29, 1.82) is 0 Å². The molecule has 0 aliphatic carbocycles. The highest BCUT2D eigenvalue weighted by atomic mass is 16.5. The monoisotopic (exact) mass is 126 g/mol. The predicted molar refractivity (Wildman–Crippen MR) is 40.2 cm³/mol. The third-order valence-corrected chi connectivity index (χ3v) is 1.09. The van der Waals surface area contributed by atoms with Crippen molar-refractivity contribution < 1.29 is 4.74 Å². The van der Waals surface area contributed by atoms with Gasteiger partial charge in [-0.25, -0.2) is 0 Å². The molecule has 0 saturated carbocycles. The van der Waals surface area contributed by atoms with Gasteiger partial charge in [0.25, 0.3) is 0 Å². The molecule has 0 heterocycles. The maximum Gasteiger partial charge on any atom is 0.0952 e. The number of rotatable bonds is 3. The summed E-state index contributed by atoms with van der Waals surface area (Å²) in [6.45, 7) is 4.05. The van der Waals surface area contributed by atoms with Crippen LogP contribution >= 0.6 is 0 Å². The van der Waals surface area contributed by atoms with E-state index in [1.807, 2.05) is 25.2 Å². The van der Waals surface area contributed by atoms with Crippen LogP contribution in [0.15, 0.2) is 24.0 Å². The van der Waals surface area contributed by atoms with E-state index >= 15 is 0 Å². The van der Waals surface area contributed by atoms with E-state index in [1.165, 1.54) is 0 Å². The summed E-state index contributed by atoms with van der Waals surface area (Å²) in [6, 6.07) is 0. The van der Waals surface area contributed by atoms with Gasteiger partial charge in [-0.05, 0) is 13.0 Å². The lowest BCUT2D eigenvalue weighted by atomic mass is 10.3. The second-order valence-electron chi connectivity index (χ2n) is 1.72. The van der Waals surface area contributed by atoms with Crippen molar-refractivity contribution in [2.24, 2.45) is 0 Å². The standard InChI is InChI=1S/C8H14O/c1-4-6-7-8(5-2)9-3/h4,6-7H,5H2,1-3H3/b6-4-,8-7+. The lowest BCUT2D eigenvalue weighted by Crippen LogP contribution is -1.81. The molecule has 0 radical (unpaired) electrons. The molecule has 0 bridgehead atoms. The minimum Gasteiger partial charge on any atom is -0.501 e. The van der Waals surface area contributed by atoms with E-state index in [2.05, 4.69) is 6.92 Å². The van der Waals surface area contributed by atoms with Gasteiger partial charge in [-0.15, -0.1) is 0 Å². The van der Waals surface area contributed by atoms with Crippen molar-refractivity contribution in [2.45, 2.75) is 20.3 Å². The predicted octanol–water partition coefficient (Wildman–Crippen LogP) is 2.50. The van der Waals surface area contributed by atoms with Gasteiger partial charge in [0, 0.05) is 6.42 Å². The fraction of sp³-hybridized carbons (Fsp3) is 0.500. The van der Waals surface area contributed by atoms with Gasteiger partial charge < -0.3 is 4.74 Å². The van der Waals surface area contributed by atoms with E-state index in [0.29, 0.717) is 0 Å². The maximum absolute atomic E-state index is 5.01. The Morgan fingerprint density at radius 2 is 2.22 bits per heavy atom. The van der Waals surface area contributed by atoms with Crippen LogP contribution in [0.4, 0.5) is 0 Å². The summed E-state index contributed by atoms with van der Waals surface area (Å²) in [7, 11) is 1.69. The molecule has 0 atom stereocenters. The van der Waals surface area contributed by atoms with Gasteiger partial charge in [-0.1, -0.05) is 19.1 Å². The van der Waals surface area contributed by atoms with E-state index in [1.54, 1.807) is 7.11 Å². The van der Waals surface area contributed by atoms with Crippen LogP contribution in [0.2, 0.25) is 0 Å². The van der Waals surface area contributed by atoms with Crippen LogP contribution < -0.4 is 0 Å². The van der Waals surface area contributed by atoms with E-state index in [9.17, 15) is 0 Å². The molecule has 0 unspecified atom stereocenters. The Morgan fingerprint density at radius 1 is 1.56 bits per heavy atom. The Labute approximate surface area is 57.0 Å². The van der Waals surface area contributed by atoms with E-state index in [4.69, 9.17) is 4.74 Å². The highest BCUT2D eigenvalue weighted by molar-refractivity contribution is 5.05. The number of hydrogen-bond acceptors (Lipinski definition) is 1. The molecule has 0 spiro atoms. The number of allylic oxidation sites excluding steroid dienone is 4. The zero-order chi connectivity index (χ0) is 7.11. The topological polar surface area (TPSA) is 9.23 Å². The molecule has 0 aliphatic heterocycles. The lowest BCUT2D eigenvalue weighted by Gasteiger charge is -1.98. The molecular formula is C8H14O. The smallest absolute Gasteiger partial charge is 0.0952 e. The van der Waals surface area contributed by atoms with Crippen LogP contribution in [0.25, 0.3) is 0 Å². The van der Waals surface area contributed by atoms with Crippen molar-refractivity contribution in [3.63, 3.8) is 0 Å². The Hall–Kier alpha value is -0.720. The molecule has 0 rings (SSSR count). The summed E-state index contributed by atoms with van der Waals surface area (Å²) in [5, 5.41) is 0. The molecule has 0 aromatic rings. The average Bonchev–Trinajstić information content (AvgIpc) is 1.91. The van der Waals surface area contributed by atoms with Gasteiger partial charge in [0.2, 0.25) is 0 Å². The van der Waals surface area contributed by atoms with Gasteiger partial charge in [0.05, 0.1) is 12.9 Å². The Kier molecular flexibility index (Phi) is 4.98. The Morgan fingerprint density at radius 3 is 2.56 bits per heavy atom. The molecule has 0 N–H and O–H groups in total. The number of hydrogen-bond donors (Lipinski definition) is 0. The van der Waals surface area contributed by atoms with Crippen molar-refractivity contribution in [2.75, 3.05) is 7.11 Å². The first-order chi connectivity index (χ1) is 4.35. The molecule has 52 valence electrons. The van der Waals surface area contributed by atoms with Crippen molar-refractivity contribution in [3.8, 4) is 0 Å². The van der Waals surface area contributed by atoms with Gasteiger partial charge >= 0.3 is 0 Å². The molecule has 0 amide bonds. The molecule has 0 aromatic heterocycles. The van der Waals surface area contributed by atoms with Crippen molar-refractivity contribution in [1.82, 2.24) is 0 Å². The molecule has 1 heteroatoms. The summed E-state index contributed by atoms with van der Waals surface area (Å²) in [5.41, 5.74) is 0. The third kappa shape index (κ3) is 3.83. The first kappa shape index (κ1) is 8.28. The van der Waals surface area contributed by atoms with Crippen LogP contribution in [-0.4, -0.2) is 7.11 Å². The molecule has 0 aromatic carbocycles. The van der Waals surface area contributed by atoms with Crippen LogP contribution in [0.3, 0.4) is 0 Å². The van der Waals surface area contributed by atoms with Crippen LogP contribution in [0.5, 0.6) is 0 Å². The first-order valence-electron chi connectivity index (χ1n) is 3.21. The number of ether oxygens (including phenoxy) is 1. The van der Waals surface area contributed by atoms with Crippen molar-refractivity contribution in [3.05, 3.63) is 24.0 Å². The lowest BCUT2D eigenvalue weighted by molar-refractivity contribution is 0.281. The largest absolute Gasteiger partial charge is 0.501 e. The van der Waals surface area contributed by atoms with Crippen LogP contribution in [0, 0.1) is 0 Å². The summed E-state index contributed by atoms with van der Waals surface area (Å²) in [4.78, 5) is 0. The Balaban J connectivity index is 3.75. The van der Waals surface area contributed by atoms with Crippen LogP contribution in [0.1, 0.15) is 20.3 Å². The molecule has 9 heavy (non-hydrogen) atoms. The van der Waals surface area contributed by atoms with Crippen molar-refractivity contribution >= 4 is 0 Å². The molecular weight excluding hydrogens is 112 g/mol. The minimum absolute atomic E-state index is 0.959. The first-order valence-corrected chi connectivity index (χ1v) is 3.21. The quantitative estimate of drug-likeness (QED) is 0.417. The number of methoxy groups -OCH3 is 1. The van der Waals surface area contributed by atoms with Gasteiger partial charge in [0.1, 0.15) is 0 Å². The average molecular weight is 126 g/mol. The summed E-state index contributed by atoms with van der Waals surface area (Å²) in [5.74, 6) is 1.02. The zero-order valence-electron chi connectivity index (χ0n) is 6.35. The van der Waals surface area contributed by atoms with Crippen LogP contribution in [-0.2, 0) is 4.74 Å². The molecule has 1 nitrogen and oxygen atoms in total. The Bertz CT molecular complexity index is 106. The van der Waals surface area contributed by atoms with E-state index in [0.717, 1.165) is 12.2 Å². The molecule has 0 aliphatic rings. The molecule has 0 saturated heterocycles. The zero-order valence-corrected chi connectivity index (χ0v) is 6.35. The third-order valence-electron chi connectivity index (χ3n) is 1.09. The minimum atomic E-state index is 0.959. The fourth-order valence-electron chi connectivity index (χ4n) is 0.534. The van der Waals surface area contributed by atoms with E-state index < -0.39 is 0 Å². The maximum atomic E-state index is 5.01. The van der Waals surface area contributed by atoms with Gasteiger partial charge in [-0.2, -0.15) is 0 Å². The second kappa shape index (κ2) is 5.42. The summed E-state index contributed by atoms with van der Waals surface area (Å²) in [6.07, 6.45) is 6.89. The van der Waals surface area contributed by atoms with Gasteiger partial charge in [-0.3, -0.25) is 0 Å². The van der Waals surface area contributed by atoms with Gasteiger partial charge in [0.15, 0.2) is 0 Å². The second-order valence-corrected chi connectivity index (χ2v) is 1.72. The highest BCUT2D eigenvalue weighted by Gasteiger charge is 1.84. The summed E-state index contributed by atoms with van der Waals surface area (Å²) < 4.78 is 5.01.